The Morgan fingerprint density at radius 3 is 3.08 bits per heavy atom. The smallest absolute Gasteiger partial charge is 0.198 e. The minimum absolute atomic E-state index is 0.109. The lowest BCUT2D eigenvalue weighted by atomic mass is 10.2. The lowest BCUT2D eigenvalue weighted by Gasteiger charge is -2.13. The van der Waals surface area contributed by atoms with Crippen LogP contribution in [0.5, 0.6) is 0 Å². The molecule has 3 heteroatoms. The molecule has 2 aliphatic rings. The van der Waals surface area contributed by atoms with E-state index in [2.05, 4.69) is 4.99 Å². The van der Waals surface area contributed by atoms with Crippen molar-refractivity contribution in [2.45, 2.75) is 6.04 Å². The van der Waals surface area contributed by atoms with Crippen molar-refractivity contribution < 1.29 is 0 Å². The first-order valence-corrected chi connectivity index (χ1v) is 4.19. The molecule has 0 aromatic carbocycles. The van der Waals surface area contributed by atoms with Gasteiger partial charge in [-0.05, 0) is 17.7 Å². The van der Waals surface area contributed by atoms with Crippen molar-refractivity contribution in [3.63, 3.8) is 0 Å². The Labute approximate surface area is 76.5 Å². The minimum Gasteiger partial charge on any atom is -0.321 e. The van der Waals surface area contributed by atoms with Gasteiger partial charge in [-0.25, -0.2) is 4.99 Å². The number of likely N-dealkylation sites (N-methyl/N-ethyl adjacent to an activating group) is 1. The molecule has 0 aromatic heterocycles. The first kappa shape index (κ1) is 7.62. The van der Waals surface area contributed by atoms with E-state index in [1.807, 2.05) is 42.3 Å². The summed E-state index contributed by atoms with van der Waals surface area (Å²) in [7, 11) is 1.92. The van der Waals surface area contributed by atoms with Gasteiger partial charge in [0.25, 0.3) is 0 Å². The van der Waals surface area contributed by atoms with E-state index in [4.69, 9.17) is 11.6 Å². The molecule has 2 rings (SSSR count). The van der Waals surface area contributed by atoms with Crippen molar-refractivity contribution in [2.75, 3.05) is 7.05 Å². The van der Waals surface area contributed by atoms with Crippen LogP contribution in [0.1, 0.15) is 0 Å². The Kier molecular flexibility index (Phi) is 1.77. The van der Waals surface area contributed by atoms with Gasteiger partial charge in [0.05, 0.1) is 0 Å². The summed E-state index contributed by atoms with van der Waals surface area (Å²) >= 11 is 5.87. The van der Waals surface area contributed by atoms with Gasteiger partial charge in [0.1, 0.15) is 6.04 Å². The third kappa shape index (κ3) is 1.08. The largest absolute Gasteiger partial charge is 0.321 e. The zero-order chi connectivity index (χ0) is 8.55. The highest BCUT2D eigenvalue weighted by Gasteiger charge is 2.24. The highest BCUT2D eigenvalue weighted by molar-refractivity contribution is 6.65. The van der Waals surface area contributed by atoms with Crippen LogP contribution < -0.4 is 0 Å². The lowest BCUT2D eigenvalue weighted by molar-refractivity contribution is 0.638. The molecule has 1 aliphatic carbocycles. The highest BCUT2D eigenvalue weighted by atomic mass is 35.5. The second kappa shape index (κ2) is 2.79. The Balaban J connectivity index is 2.39. The Morgan fingerprint density at radius 1 is 1.42 bits per heavy atom. The molecule has 1 heterocycles. The number of fused-ring (bicyclic) bond motifs is 1. The molecule has 1 aliphatic heterocycles. The van der Waals surface area contributed by atoms with Gasteiger partial charge in [-0.2, -0.15) is 0 Å². The number of amidine groups is 1. The first-order chi connectivity index (χ1) is 5.79. The number of halogens is 1. The second-order valence-electron chi connectivity index (χ2n) is 2.76. The Hall–Kier alpha value is -1.02. The van der Waals surface area contributed by atoms with E-state index in [9.17, 15) is 0 Å². The van der Waals surface area contributed by atoms with Crippen LogP contribution >= 0.6 is 11.6 Å². The summed E-state index contributed by atoms with van der Waals surface area (Å²) in [5.41, 5.74) is 1.13. The average Bonchev–Trinajstić information content (AvgIpc) is 2.30. The summed E-state index contributed by atoms with van der Waals surface area (Å²) in [6.45, 7) is 0. The van der Waals surface area contributed by atoms with Gasteiger partial charge in [-0.1, -0.05) is 24.3 Å². The van der Waals surface area contributed by atoms with Crippen LogP contribution in [0, 0.1) is 0 Å². The number of allylic oxidation sites excluding steroid dienone is 4. The van der Waals surface area contributed by atoms with Gasteiger partial charge in [0, 0.05) is 12.7 Å². The van der Waals surface area contributed by atoms with Gasteiger partial charge in [-0.15, -0.1) is 0 Å². The van der Waals surface area contributed by atoms with Crippen molar-refractivity contribution in [3.05, 3.63) is 36.1 Å². The maximum atomic E-state index is 5.87. The van der Waals surface area contributed by atoms with Crippen LogP contribution in [-0.2, 0) is 0 Å². The number of aliphatic imine (C=N–C) groups is 1. The zero-order valence-electron chi connectivity index (χ0n) is 6.74. The molecule has 0 radical (unpaired) electrons. The maximum Gasteiger partial charge on any atom is 0.198 e. The van der Waals surface area contributed by atoms with Crippen molar-refractivity contribution in [1.82, 2.24) is 4.90 Å². The third-order valence-electron chi connectivity index (χ3n) is 2.00. The molecule has 0 amide bonds. The highest BCUT2D eigenvalue weighted by Crippen LogP contribution is 2.23. The summed E-state index contributed by atoms with van der Waals surface area (Å²) in [4.78, 5) is 6.16. The molecule has 0 fully saturated rings. The molecule has 1 atom stereocenters. The molecule has 1 unspecified atom stereocenters. The predicted octanol–water partition coefficient (Wildman–Crippen LogP) is 1.91. The van der Waals surface area contributed by atoms with Crippen LogP contribution in [0.25, 0.3) is 0 Å². The van der Waals surface area contributed by atoms with E-state index in [1.54, 1.807) is 0 Å². The summed E-state index contributed by atoms with van der Waals surface area (Å²) in [6, 6.07) is 0.109. The molecule has 0 saturated heterocycles. The molecule has 0 N–H and O–H groups in total. The predicted molar refractivity (Wildman–Crippen MR) is 51.2 cm³/mol. The molecule has 0 aromatic rings. The van der Waals surface area contributed by atoms with Crippen molar-refractivity contribution in [3.8, 4) is 0 Å². The Bertz CT molecular complexity index is 312. The van der Waals surface area contributed by atoms with Gasteiger partial charge < -0.3 is 4.90 Å². The number of hydrogen-bond donors (Lipinski definition) is 0. The summed E-state index contributed by atoms with van der Waals surface area (Å²) in [6.07, 6.45) is 10.0. The molecular weight excluding hydrogens is 172 g/mol. The molecule has 62 valence electrons. The maximum absolute atomic E-state index is 5.87. The fourth-order valence-corrected chi connectivity index (χ4v) is 1.51. The van der Waals surface area contributed by atoms with Crippen molar-refractivity contribution >= 4 is 16.9 Å². The Morgan fingerprint density at radius 2 is 2.25 bits per heavy atom. The topological polar surface area (TPSA) is 15.6 Å². The number of nitrogens with zero attached hydrogens (tertiary/aromatic N) is 2. The summed E-state index contributed by atoms with van der Waals surface area (Å²) < 4.78 is 0. The van der Waals surface area contributed by atoms with Crippen LogP contribution in [0.4, 0.5) is 0 Å². The normalized spacial score (nSPS) is 26.5. The zero-order valence-corrected chi connectivity index (χ0v) is 7.49. The van der Waals surface area contributed by atoms with E-state index < -0.39 is 0 Å². The van der Waals surface area contributed by atoms with Gasteiger partial charge in [-0.3, -0.25) is 0 Å². The van der Waals surface area contributed by atoms with E-state index in [0.717, 1.165) is 5.70 Å². The molecule has 2 nitrogen and oxygen atoms in total. The third-order valence-corrected chi connectivity index (χ3v) is 2.35. The molecule has 0 spiro atoms. The van der Waals surface area contributed by atoms with Crippen LogP contribution in [-0.4, -0.2) is 23.3 Å². The standard InChI is InChI=1S/C9H9ClN2/c1-12-8-6-4-2-3-5-7(8)11-9(12)10/h2-7H,1H3. The lowest BCUT2D eigenvalue weighted by Crippen LogP contribution is -2.18. The van der Waals surface area contributed by atoms with E-state index in [-0.39, 0.29) is 6.04 Å². The number of rotatable bonds is 0. The van der Waals surface area contributed by atoms with E-state index >= 15 is 0 Å². The van der Waals surface area contributed by atoms with Crippen molar-refractivity contribution in [1.29, 1.82) is 0 Å². The van der Waals surface area contributed by atoms with Gasteiger partial charge in [0.15, 0.2) is 5.29 Å². The van der Waals surface area contributed by atoms with Crippen LogP contribution in [0.3, 0.4) is 0 Å². The van der Waals surface area contributed by atoms with Crippen LogP contribution in [0.2, 0.25) is 0 Å². The van der Waals surface area contributed by atoms with E-state index in [0.29, 0.717) is 5.29 Å². The van der Waals surface area contributed by atoms with Crippen LogP contribution in [0.15, 0.2) is 41.1 Å². The van der Waals surface area contributed by atoms with Gasteiger partial charge >= 0.3 is 0 Å². The fourth-order valence-electron chi connectivity index (χ4n) is 1.31. The molecule has 0 bridgehead atoms. The molecule has 0 saturated carbocycles. The average molecular weight is 181 g/mol. The first-order valence-electron chi connectivity index (χ1n) is 3.81. The monoisotopic (exact) mass is 180 g/mol. The molecule has 12 heavy (non-hydrogen) atoms. The summed E-state index contributed by atoms with van der Waals surface area (Å²) in [5, 5.41) is 0.561. The fraction of sp³-hybridized carbons (Fsp3) is 0.222. The second-order valence-corrected chi connectivity index (χ2v) is 3.10. The quantitative estimate of drug-likeness (QED) is 0.520. The SMILES string of the molecule is CN1C2=CC=CC=CC2N=C1Cl. The minimum atomic E-state index is 0.109. The van der Waals surface area contributed by atoms with Crippen molar-refractivity contribution in [2.24, 2.45) is 4.99 Å². The number of hydrogen-bond acceptors (Lipinski definition) is 2. The molecular formula is C9H9ClN2. The van der Waals surface area contributed by atoms with E-state index in [1.165, 1.54) is 0 Å². The van der Waals surface area contributed by atoms with Gasteiger partial charge in [0.2, 0.25) is 0 Å². The summed E-state index contributed by atoms with van der Waals surface area (Å²) in [5.74, 6) is 0.